The van der Waals surface area contributed by atoms with Crippen molar-refractivity contribution in [3.05, 3.63) is 0 Å². The molecule has 0 bridgehead atoms. The summed E-state index contributed by atoms with van der Waals surface area (Å²) in [5.41, 5.74) is 0. The fraction of sp³-hybridized carbons (Fsp3) is 0.938. The van der Waals surface area contributed by atoms with Crippen molar-refractivity contribution in [1.82, 2.24) is 0 Å². The minimum absolute atomic E-state index is 0.179. The normalized spacial score (nSPS) is 12.7. The fourth-order valence-corrected chi connectivity index (χ4v) is 1.86. The number of hydrogen-bond donors (Lipinski definition) is 0. The molecule has 0 aliphatic carbocycles. The number of unbranched alkanes of at least 4 members (excludes halogenated alkanes) is 4. The van der Waals surface area contributed by atoms with Crippen molar-refractivity contribution in [3.8, 4) is 0 Å². The molecular formula is C16H32O3. The molecule has 0 rings (SSSR count). The highest BCUT2D eigenvalue weighted by Gasteiger charge is 2.21. The van der Waals surface area contributed by atoms with Gasteiger partial charge in [-0.25, -0.2) is 4.79 Å². The Morgan fingerprint density at radius 1 is 0.947 bits per heavy atom. The molecular weight excluding hydrogens is 240 g/mol. The van der Waals surface area contributed by atoms with E-state index in [1.165, 1.54) is 6.42 Å². The van der Waals surface area contributed by atoms with Gasteiger partial charge in [0.25, 0.3) is 0 Å². The Labute approximate surface area is 119 Å². The zero-order chi connectivity index (χ0) is 14.5. The topological polar surface area (TPSA) is 35.5 Å². The van der Waals surface area contributed by atoms with Gasteiger partial charge in [0, 0.05) is 6.61 Å². The van der Waals surface area contributed by atoms with Gasteiger partial charge in [0.2, 0.25) is 0 Å². The number of hydrogen-bond acceptors (Lipinski definition) is 3. The quantitative estimate of drug-likeness (QED) is 0.391. The van der Waals surface area contributed by atoms with Crippen molar-refractivity contribution in [1.29, 1.82) is 0 Å². The van der Waals surface area contributed by atoms with E-state index in [4.69, 9.17) is 9.47 Å². The Hall–Kier alpha value is -0.570. The summed E-state index contributed by atoms with van der Waals surface area (Å²) in [6.07, 6.45) is 6.91. The predicted molar refractivity (Wildman–Crippen MR) is 79.2 cm³/mol. The molecule has 0 aromatic rings. The van der Waals surface area contributed by atoms with E-state index < -0.39 is 0 Å². The van der Waals surface area contributed by atoms with Crippen LogP contribution in [0.3, 0.4) is 0 Å². The predicted octanol–water partition coefficient (Wildman–Crippen LogP) is 4.34. The molecule has 0 aliphatic heterocycles. The standard InChI is InChI=1S/C16H32O3/c1-5-7-9-11-18-15(13-14(3)4)16(17)19-12-10-8-6-2/h14-15H,5-13H2,1-4H3/t15-/m0/s1. The van der Waals surface area contributed by atoms with Crippen LogP contribution in [0.2, 0.25) is 0 Å². The Balaban J connectivity index is 3.97. The molecule has 0 aromatic carbocycles. The Morgan fingerprint density at radius 2 is 1.53 bits per heavy atom. The van der Waals surface area contributed by atoms with Crippen molar-refractivity contribution < 1.29 is 14.3 Å². The van der Waals surface area contributed by atoms with Crippen LogP contribution in [0.15, 0.2) is 0 Å². The van der Waals surface area contributed by atoms with E-state index in [2.05, 4.69) is 27.7 Å². The molecule has 1 atom stereocenters. The summed E-state index contributed by atoms with van der Waals surface area (Å²) in [6.45, 7) is 9.70. The molecule has 0 unspecified atom stereocenters. The van der Waals surface area contributed by atoms with E-state index in [1.807, 2.05) is 0 Å². The third-order valence-electron chi connectivity index (χ3n) is 3.01. The lowest BCUT2D eigenvalue weighted by Crippen LogP contribution is -2.29. The van der Waals surface area contributed by atoms with E-state index in [1.54, 1.807) is 0 Å². The van der Waals surface area contributed by atoms with Gasteiger partial charge in [-0.05, 0) is 25.2 Å². The average Bonchev–Trinajstić information content (AvgIpc) is 2.37. The third-order valence-corrected chi connectivity index (χ3v) is 3.01. The largest absolute Gasteiger partial charge is 0.464 e. The summed E-state index contributed by atoms with van der Waals surface area (Å²) >= 11 is 0. The van der Waals surface area contributed by atoms with Gasteiger partial charge in [0.1, 0.15) is 0 Å². The smallest absolute Gasteiger partial charge is 0.335 e. The van der Waals surface area contributed by atoms with Gasteiger partial charge in [-0.3, -0.25) is 0 Å². The summed E-state index contributed by atoms with van der Waals surface area (Å²) in [5, 5.41) is 0. The zero-order valence-electron chi connectivity index (χ0n) is 13.2. The molecule has 0 N–H and O–H groups in total. The molecule has 0 fully saturated rings. The van der Waals surface area contributed by atoms with Gasteiger partial charge < -0.3 is 9.47 Å². The maximum atomic E-state index is 12.0. The minimum atomic E-state index is -0.376. The maximum absolute atomic E-state index is 12.0. The second-order valence-corrected chi connectivity index (χ2v) is 5.57. The van der Waals surface area contributed by atoms with E-state index in [9.17, 15) is 4.79 Å². The van der Waals surface area contributed by atoms with E-state index in [0.717, 1.165) is 38.5 Å². The van der Waals surface area contributed by atoms with Gasteiger partial charge in [0.15, 0.2) is 6.10 Å². The first-order valence-electron chi connectivity index (χ1n) is 7.90. The zero-order valence-corrected chi connectivity index (χ0v) is 13.2. The molecule has 3 nitrogen and oxygen atoms in total. The van der Waals surface area contributed by atoms with Gasteiger partial charge in [0.05, 0.1) is 6.61 Å². The molecule has 0 saturated heterocycles. The molecule has 0 heterocycles. The van der Waals surface area contributed by atoms with Crippen LogP contribution < -0.4 is 0 Å². The second kappa shape index (κ2) is 12.5. The molecule has 0 saturated carbocycles. The summed E-state index contributed by atoms with van der Waals surface area (Å²) in [7, 11) is 0. The van der Waals surface area contributed by atoms with Crippen LogP contribution >= 0.6 is 0 Å². The van der Waals surface area contributed by atoms with Crippen LogP contribution in [0, 0.1) is 5.92 Å². The van der Waals surface area contributed by atoms with E-state index >= 15 is 0 Å². The monoisotopic (exact) mass is 272 g/mol. The van der Waals surface area contributed by atoms with Crippen LogP contribution in [0.25, 0.3) is 0 Å². The lowest BCUT2D eigenvalue weighted by molar-refractivity contribution is -0.158. The second-order valence-electron chi connectivity index (χ2n) is 5.57. The minimum Gasteiger partial charge on any atom is -0.464 e. The number of rotatable bonds is 12. The Kier molecular flexibility index (Phi) is 12.1. The first-order chi connectivity index (χ1) is 9.11. The Bertz CT molecular complexity index is 214. The fourth-order valence-electron chi connectivity index (χ4n) is 1.86. The van der Waals surface area contributed by atoms with Gasteiger partial charge in [-0.1, -0.05) is 53.4 Å². The SMILES string of the molecule is CCCCCOC(=O)[C@H](CC(C)C)OCCCCC. The molecule has 0 aromatic heterocycles. The van der Waals surface area contributed by atoms with Crippen molar-refractivity contribution in [2.24, 2.45) is 5.92 Å². The molecule has 0 aliphatic rings. The highest BCUT2D eigenvalue weighted by molar-refractivity contribution is 5.74. The van der Waals surface area contributed by atoms with Crippen molar-refractivity contribution in [3.63, 3.8) is 0 Å². The third kappa shape index (κ3) is 11.0. The first kappa shape index (κ1) is 18.4. The number of ether oxygens (including phenoxy) is 2. The van der Waals surface area contributed by atoms with Crippen LogP contribution in [0.5, 0.6) is 0 Å². The summed E-state index contributed by atoms with van der Waals surface area (Å²) in [6, 6.07) is 0. The number of carbonyl (C=O) groups is 1. The van der Waals surface area contributed by atoms with Crippen LogP contribution in [-0.2, 0) is 14.3 Å². The van der Waals surface area contributed by atoms with Gasteiger partial charge in [-0.2, -0.15) is 0 Å². The highest BCUT2D eigenvalue weighted by atomic mass is 16.6. The first-order valence-corrected chi connectivity index (χ1v) is 7.90. The molecule has 114 valence electrons. The Morgan fingerprint density at radius 3 is 2.05 bits per heavy atom. The summed E-state index contributed by atoms with van der Waals surface area (Å²) in [4.78, 5) is 12.0. The molecule has 3 heteroatoms. The maximum Gasteiger partial charge on any atom is 0.335 e. The molecule has 19 heavy (non-hydrogen) atoms. The lowest BCUT2D eigenvalue weighted by atomic mass is 10.1. The highest BCUT2D eigenvalue weighted by Crippen LogP contribution is 2.11. The van der Waals surface area contributed by atoms with Crippen molar-refractivity contribution in [2.75, 3.05) is 13.2 Å². The average molecular weight is 272 g/mol. The summed E-state index contributed by atoms with van der Waals surface area (Å²) in [5.74, 6) is 0.265. The van der Waals surface area contributed by atoms with Crippen molar-refractivity contribution >= 4 is 5.97 Å². The van der Waals surface area contributed by atoms with E-state index in [-0.39, 0.29) is 12.1 Å². The van der Waals surface area contributed by atoms with Crippen molar-refractivity contribution in [2.45, 2.75) is 78.7 Å². The molecule has 0 radical (unpaired) electrons. The molecule has 0 amide bonds. The van der Waals surface area contributed by atoms with Gasteiger partial charge in [-0.15, -0.1) is 0 Å². The number of esters is 1. The molecule has 0 spiro atoms. The number of carbonyl (C=O) groups excluding carboxylic acids is 1. The van der Waals surface area contributed by atoms with E-state index in [0.29, 0.717) is 19.1 Å². The summed E-state index contributed by atoms with van der Waals surface area (Å²) < 4.78 is 11.0. The lowest BCUT2D eigenvalue weighted by Gasteiger charge is -2.18. The van der Waals surface area contributed by atoms with Gasteiger partial charge >= 0.3 is 5.97 Å². The van der Waals surface area contributed by atoms with Crippen LogP contribution in [0.4, 0.5) is 0 Å². The van der Waals surface area contributed by atoms with Crippen LogP contribution in [0.1, 0.15) is 72.6 Å². The van der Waals surface area contributed by atoms with Crippen LogP contribution in [-0.4, -0.2) is 25.3 Å².